The summed E-state index contributed by atoms with van der Waals surface area (Å²) in [7, 11) is 0. The molecule has 2 atom stereocenters. The zero-order valence-electron chi connectivity index (χ0n) is 10.4. The highest BCUT2D eigenvalue weighted by Gasteiger charge is 2.43. The highest BCUT2D eigenvalue weighted by Crippen LogP contribution is 2.48. The fourth-order valence-electron chi connectivity index (χ4n) is 2.58. The first-order valence-electron chi connectivity index (χ1n) is 6.46. The van der Waals surface area contributed by atoms with E-state index in [4.69, 9.17) is 4.74 Å². The Kier molecular flexibility index (Phi) is 3.36. The summed E-state index contributed by atoms with van der Waals surface area (Å²) in [6.45, 7) is 9.02. The summed E-state index contributed by atoms with van der Waals surface area (Å²) in [5.41, 5.74) is 0.597. The molecule has 1 aliphatic carbocycles. The van der Waals surface area contributed by atoms with Gasteiger partial charge in [-0.1, -0.05) is 6.92 Å². The highest BCUT2D eigenvalue weighted by atomic mass is 16.5. The fourth-order valence-corrected chi connectivity index (χ4v) is 2.58. The van der Waals surface area contributed by atoms with Gasteiger partial charge < -0.3 is 10.1 Å². The molecule has 15 heavy (non-hydrogen) atoms. The molecule has 2 unspecified atom stereocenters. The Balaban J connectivity index is 1.77. The van der Waals surface area contributed by atoms with Crippen LogP contribution in [0.25, 0.3) is 0 Å². The Bertz CT molecular complexity index is 207. The smallest absolute Gasteiger partial charge is 0.0469 e. The van der Waals surface area contributed by atoms with Gasteiger partial charge in [-0.25, -0.2) is 0 Å². The van der Waals surface area contributed by atoms with Crippen LogP contribution in [-0.2, 0) is 4.74 Å². The second kappa shape index (κ2) is 4.42. The first-order valence-corrected chi connectivity index (χ1v) is 6.46. The van der Waals surface area contributed by atoms with Gasteiger partial charge in [-0.2, -0.15) is 0 Å². The zero-order valence-corrected chi connectivity index (χ0v) is 10.4. The second-order valence-corrected chi connectivity index (χ2v) is 5.78. The molecule has 2 fully saturated rings. The van der Waals surface area contributed by atoms with E-state index in [1.807, 2.05) is 0 Å². The summed E-state index contributed by atoms with van der Waals surface area (Å²) in [6.07, 6.45) is 5.28. The third-order valence-electron chi connectivity index (χ3n) is 4.57. The SMILES string of the molecule is CC(NC(C)C1(C)CC1)C1CCOCC1. The van der Waals surface area contributed by atoms with E-state index < -0.39 is 0 Å². The monoisotopic (exact) mass is 211 g/mol. The van der Waals surface area contributed by atoms with Gasteiger partial charge in [0.2, 0.25) is 0 Å². The molecule has 88 valence electrons. The van der Waals surface area contributed by atoms with Crippen LogP contribution < -0.4 is 5.32 Å². The predicted octanol–water partition coefficient (Wildman–Crippen LogP) is 2.58. The average Bonchev–Trinajstić information content (AvgIpc) is 2.99. The highest BCUT2D eigenvalue weighted by molar-refractivity contribution is 4.97. The summed E-state index contributed by atoms with van der Waals surface area (Å²) < 4.78 is 5.41. The van der Waals surface area contributed by atoms with Crippen LogP contribution in [0, 0.1) is 11.3 Å². The molecule has 1 saturated heterocycles. The summed E-state index contributed by atoms with van der Waals surface area (Å²) >= 11 is 0. The van der Waals surface area contributed by atoms with Crippen LogP contribution in [0.1, 0.15) is 46.5 Å². The van der Waals surface area contributed by atoms with Crippen molar-refractivity contribution >= 4 is 0 Å². The number of nitrogens with one attached hydrogen (secondary N) is 1. The minimum atomic E-state index is 0.597. The molecule has 0 amide bonds. The molecule has 0 aromatic carbocycles. The molecule has 0 aromatic rings. The van der Waals surface area contributed by atoms with E-state index in [0.717, 1.165) is 19.1 Å². The molecule has 0 spiro atoms. The van der Waals surface area contributed by atoms with Gasteiger partial charge in [0.05, 0.1) is 0 Å². The van der Waals surface area contributed by atoms with Crippen molar-refractivity contribution < 1.29 is 4.74 Å². The van der Waals surface area contributed by atoms with Crippen molar-refractivity contribution in [1.29, 1.82) is 0 Å². The Morgan fingerprint density at radius 2 is 1.80 bits per heavy atom. The van der Waals surface area contributed by atoms with E-state index in [2.05, 4.69) is 26.1 Å². The van der Waals surface area contributed by atoms with Crippen molar-refractivity contribution in [2.24, 2.45) is 11.3 Å². The summed E-state index contributed by atoms with van der Waals surface area (Å²) in [6, 6.07) is 1.33. The first kappa shape index (κ1) is 11.4. The van der Waals surface area contributed by atoms with Gasteiger partial charge in [0, 0.05) is 25.3 Å². The van der Waals surface area contributed by atoms with Gasteiger partial charge in [-0.3, -0.25) is 0 Å². The van der Waals surface area contributed by atoms with E-state index in [1.54, 1.807) is 0 Å². The Morgan fingerprint density at radius 1 is 1.20 bits per heavy atom. The van der Waals surface area contributed by atoms with Gasteiger partial charge >= 0.3 is 0 Å². The Labute approximate surface area is 93.8 Å². The minimum absolute atomic E-state index is 0.597. The van der Waals surface area contributed by atoms with Crippen LogP contribution in [0.5, 0.6) is 0 Å². The predicted molar refractivity (Wildman–Crippen MR) is 62.9 cm³/mol. The van der Waals surface area contributed by atoms with Crippen LogP contribution in [-0.4, -0.2) is 25.3 Å². The standard InChI is InChI=1S/C13H25NO/c1-10(12-4-8-15-9-5-12)14-11(2)13(3)6-7-13/h10-12,14H,4-9H2,1-3H3. The van der Waals surface area contributed by atoms with Crippen LogP contribution >= 0.6 is 0 Å². The lowest BCUT2D eigenvalue weighted by atomic mass is 9.91. The van der Waals surface area contributed by atoms with Crippen molar-refractivity contribution in [1.82, 2.24) is 5.32 Å². The Morgan fingerprint density at radius 3 is 2.33 bits per heavy atom. The topological polar surface area (TPSA) is 21.3 Å². The maximum atomic E-state index is 5.41. The van der Waals surface area contributed by atoms with Crippen molar-refractivity contribution in [2.45, 2.75) is 58.5 Å². The molecule has 2 rings (SSSR count). The van der Waals surface area contributed by atoms with Crippen LogP contribution in [0.3, 0.4) is 0 Å². The maximum Gasteiger partial charge on any atom is 0.0469 e. The molecule has 2 aliphatic rings. The number of ether oxygens (including phenoxy) is 1. The summed E-state index contributed by atoms with van der Waals surface area (Å²) in [5.74, 6) is 0.823. The molecule has 0 radical (unpaired) electrons. The Hall–Kier alpha value is -0.0800. The van der Waals surface area contributed by atoms with E-state index >= 15 is 0 Å². The second-order valence-electron chi connectivity index (χ2n) is 5.78. The third-order valence-corrected chi connectivity index (χ3v) is 4.57. The van der Waals surface area contributed by atoms with Gasteiger partial charge in [0.25, 0.3) is 0 Å². The summed E-state index contributed by atoms with van der Waals surface area (Å²) in [5, 5.41) is 3.80. The molecular weight excluding hydrogens is 186 g/mol. The van der Waals surface area contributed by atoms with Crippen LogP contribution in [0.15, 0.2) is 0 Å². The minimum Gasteiger partial charge on any atom is -0.381 e. The van der Waals surface area contributed by atoms with Gasteiger partial charge in [0.1, 0.15) is 0 Å². The molecule has 1 N–H and O–H groups in total. The van der Waals surface area contributed by atoms with Crippen molar-refractivity contribution in [2.75, 3.05) is 13.2 Å². The maximum absolute atomic E-state index is 5.41. The van der Waals surface area contributed by atoms with Gasteiger partial charge in [-0.15, -0.1) is 0 Å². The van der Waals surface area contributed by atoms with Crippen LogP contribution in [0.2, 0.25) is 0 Å². The van der Waals surface area contributed by atoms with E-state index in [0.29, 0.717) is 17.5 Å². The van der Waals surface area contributed by atoms with Crippen molar-refractivity contribution in [3.8, 4) is 0 Å². The zero-order chi connectivity index (χ0) is 10.9. The van der Waals surface area contributed by atoms with E-state index in [-0.39, 0.29) is 0 Å². The lowest BCUT2D eigenvalue weighted by Gasteiger charge is -2.32. The van der Waals surface area contributed by atoms with Crippen LogP contribution in [0.4, 0.5) is 0 Å². The molecular formula is C13H25NO. The quantitative estimate of drug-likeness (QED) is 0.771. The lowest BCUT2D eigenvalue weighted by Crippen LogP contribution is -2.44. The lowest BCUT2D eigenvalue weighted by molar-refractivity contribution is 0.0534. The molecule has 0 aromatic heterocycles. The van der Waals surface area contributed by atoms with Gasteiger partial charge in [0.15, 0.2) is 0 Å². The molecule has 2 heteroatoms. The fraction of sp³-hybridized carbons (Fsp3) is 1.00. The molecule has 1 aliphatic heterocycles. The first-order chi connectivity index (χ1) is 7.12. The third kappa shape index (κ3) is 2.73. The average molecular weight is 211 g/mol. The largest absolute Gasteiger partial charge is 0.381 e. The van der Waals surface area contributed by atoms with E-state index in [9.17, 15) is 0 Å². The molecule has 2 nitrogen and oxygen atoms in total. The summed E-state index contributed by atoms with van der Waals surface area (Å²) in [4.78, 5) is 0. The van der Waals surface area contributed by atoms with E-state index in [1.165, 1.54) is 25.7 Å². The van der Waals surface area contributed by atoms with Crippen molar-refractivity contribution in [3.63, 3.8) is 0 Å². The van der Waals surface area contributed by atoms with Crippen molar-refractivity contribution in [3.05, 3.63) is 0 Å². The van der Waals surface area contributed by atoms with Gasteiger partial charge in [-0.05, 0) is 50.9 Å². The normalized spacial score (nSPS) is 29.8. The number of rotatable bonds is 4. The molecule has 0 bridgehead atoms. The number of hydrogen-bond donors (Lipinski definition) is 1. The molecule has 1 saturated carbocycles. The molecule has 1 heterocycles. The number of hydrogen-bond acceptors (Lipinski definition) is 2.